The van der Waals surface area contributed by atoms with Crippen molar-refractivity contribution in [2.75, 3.05) is 12.4 Å². The van der Waals surface area contributed by atoms with E-state index >= 15 is 0 Å². The van der Waals surface area contributed by atoms with E-state index in [0.29, 0.717) is 17.1 Å². The summed E-state index contributed by atoms with van der Waals surface area (Å²) in [5, 5.41) is 10.5. The molecule has 4 N–H and O–H groups in total. The van der Waals surface area contributed by atoms with E-state index in [1.165, 1.54) is 6.21 Å². The molecule has 150 valence electrons. The molecule has 0 radical (unpaired) electrons. The van der Waals surface area contributed by atoms with Gasteiger partial charge in [0.05, 0.1) is 0 Å². The van der Waals surface area contributed by atoms with Crippen LogP contribution in [0.1, 0.15) is 35.3 Å². The Bertz CT molecular complexity index is 1010. The van der Waals surface area contributed by atoms with Crippen LogP contribution in [-0.2, 0) is 0 Å². The van der Waals surface area contributed by atoms with Crippen molar-refractivity contribution in [2.45, 2.75) is 20.8 Å². The van der Waals surface area contributed by atoms with Crippen LogP contribution in [0, 0.1) is 12.3 Å². The summed E-state index contributed by atoms with van der Waals surface area (Å²) in [6.45, 7) is 5.87. The molecule has 0 atom stereocenters. The zero-order valence-electron chi connectivity index (χ0n) is 17.2. The van der Waals surface area contributed by atoms with E-state index in [1.807, 2.05) is 82.4 Å². The molecule has 0 heterocycles. The van der Waals surface area contributed by atoms with Crippen LogP contribution >= 0.6 is 0 Å². The van der Waals surface area contributed by atoms with Crippen LogP contribution in [0.15, 0.2) is 60.7 Å². The summed E-state index contributed by atoms with van der Waals surface area (Å²) in [5.74, 6) is 0.959. The Morgan fingerprint density at radius 2 is 1.69 bits per heavy atom. The largest absolute Gasteiger partial charge is 0.457 e. The minimum Gasteiger partial charge on any atom is -0.457 e. The van der Waals surface area contributed by atoms with Gasteiger partial charge in [-0.1, -0.05) is 38.1 Å². The summed E-state index contributed by atoms with van der Waals surface area (Å²) in [7, 11) is 1.81. The Morgan fingerprint density at radius 3 is 2.31 bits per heavy atom. The average Bonchev–Trinajstić information content (AvgIpc) is 2.75. The fraction of sp³-hybridized carbons (Fsp3) is 0.167. The zero-order chi connectivity index (χ0) is 21.4. The SMILES string of the molecule is CC.CNc1cc(Oc2cccc(-c3ccc(C(N)=O)c(C)c3)c2)ccc1C=N. The lowest BCUT2D eigenvalue weighted by atomic mass is 9.99. The van der Waals surface area contributed by atoms with Crippen molar-refractivity contribution >= 4 is 17.8 Å². The van der Waals surface area contributed by atoms with Gasteiger partial charge in [-0.2, -0.15) is 0 Å². The van der Waals surface area contributed by atoms with Crippen LogP contribution in [0.3, 0.4) is 0 Å². The third-order valence-corrected chi connectivity index (χ3v) is 4.34. The van der Waals surface area contributed by atoms with Crippen LogP contribution in [0.2, 0.25) is 0 Å². The number of rotatable bonds is 6. The summed E-state index contributed by atoms with van der Waals surface area (Å²) in [5.41, 5.74) is 10.3. The highest BCUT2D eigenvalue weighted by molar-refractivity contribution is 5.95. The van der Waals surface area contributed by atoms with Crippen molar-refractivity contribution in [1.82, 2.24) is 0 Å². The van der Waals surface area contributed by atoms with Crippen molar-refractivity contribution in [3.8, 4) is 22.6 Å². The van der Waals surface area contributed by atoms with Crippen molar-refractivity contribution in [1.29, 1.82) is 5.41 Å². The van der Waals surface area contributed by atoms with E-state index in [0.717, 1.165) is 27.9 Å². The second-order valence-corrected chi connectivity index (χ2v) is 6.17. The maximum atomic E-state index is 11.4. The van der Waals surface area contributed by atoms with Crippen LogP contribution < -0.4 is 15.8 Å². The fourth-order valence-corrected chi connectivity index (χ4v) is 2.94. The van der Waals surface area contributed by atoms with E-state index in [-0.39, 0.29) is 0 Å². The van der Waals surface area contributed by atoms with E-state index in [2.05, 4.69) is 5.32 Å². The Labute approximate surface area is 172 Å². The number of aryl methyl sites for hydroxylation is 1. The van der Waals surface area contributed by atoms with Gasteiger partial charge < -0.3 is 21.2 Å². The Hall–Kier alpha value is -3.60. The summed E-state index contributed by atoms with van der Waals surface area (Å²) in [6, 6.07) is 18.8. The molecule has 0 unspecified atom stereocenters. The normalized spacial score (nSPS) is 9.79. The Kier molecular flexibility index (Phi) is 7.54. The molecule has 1 amide bonds. The second-order valence-electron chi connectivity index (χ2n) is 6.17. The van der Waals surface area contributed by atoms with E-state index < -0.39 is 5.91 Å². The number of nitrogens with two attached hydrogens (primary N) is 1. The molecule has 3 rings (SSSR count). The molecule has 0 bridgehead atoms. The maximum absolute atomic E-state index is 11.4. The smallest absolute Gasteiger partial charge is 0.248 e. The summed E-state index contributed by atoms with van der Waals surface area (Å²) >= 11 is 0. The highest BCUT2D eigenvalue weighted by atomic mass is 16.5. The zero-order valence-corrected chi connectivity index (χ0v) is 17.2. The van der Waals surface area contributed by atoms with E-state index in [4.69, 9.17) is 15.9 Å². The molecule has 3 aromatic rings. The summed E-state index contributed by atoms with van der Waals surface area (Å²) in [6.07, 6.45) is 1.30. The lowest BCUT2D eigenvalue weighted by molar-refractivity contribution is 0.0999. The number of amides is 1. The predicted octanol–water partition coefficient (Wildman–Crippen LogP) is 5.62. The minimum atomic E-state index is -0.426. The number of anilines is 1. The molecule has 0 saturated heterocycles. The first-order valence-electron chi connectivity index (χ1n) is 9.53. The molecular weight excluding hydrogens is 362 g/mol. The average molecular weight is 389 g/mol. The third kappa shape index (κ3) is 5.23. The molecule has 5 heteroatoms. The van der Waals surface area contributed by atoms with Gasteiger partial charge >= 0.3 is 0 Å². The summed E-state index contributed by atoms with van der Waals surface area (Å²) in [4.78, 5) is 11.4. The first-order chi connectivity index (χ1) is 14.0. The molecule has 0 spiro atoms. The van der Waals surface area contributed by atoms with Gasteiger partial charge in [0.1, 0.15) is 11.5 Å². The predicted molar refractivity (Wildman–Crippen MR) is 120 cm³/mol. The first-order valence-corrected chi connectivity index (χ1v) is 9.53. The molecule has 0 aliphatic carbocycles. The molecular formula is C24H27N3O2. The number of hydrogen-bond acceptors (Lipinski definition) is 4. The van der Waals surface area contributed by atoms with Gasteiger partial charge in [0, 0.05) is 36.1 Å². The van der Waals surface area contributed by atoms with Gasteiger partial charge in [-0.15, -0.1) is 0 Å². The van der Waals surface area contributed by atoms with Gasteiger partial charge in [-0.3, -0.25) is 4.79 Å². The monoisotopic (exact) mass is 389 g/mol. The molecule has 29 heavy (non-hydrogen) atoms. The molecule has 0 saturated carbocycles. The van der Waals surface area contributed by atoms with Crippen LogP contribution in [0.4, 0.5) is 5.69 Å². The molecule has 0 aliphatic heterocycles. The Balaban J connectivity index is 0.00000145. The third-order valence-electron chi connectivity index (χ3n) is 4.34. The molecule has 0 aliphatic rings. The first kappa shape index (κ1) is 21.7. The fourth-order valence-electron chi connectivity index (χ4n) is 2.94. The Morgan fingerprint density at radius 1 is 1.00 bits per heavy atom. The standard InChI is InChI=1S/C22H21N3O2.C2H6/c1-14-10-16(7-9-20(14)22(24)26)15-4-3-5-18(11-15)27-19-8-6-17(13-23)21(12-19)25-2;1-2/h3-13,23,25H,1-2H3,(H2,24,26);1-2H3. The number of benzene rings is 3. The number of carbonyl (C=O) groups is 1. The van der Waals surface area contributed by atoms with Gasteiger partial charge in [-0.25, -0.2) is 0 Å². The number of hydrogen-bond donors (Lipinski definition) is 3. The van der Waals surface area contributed by atoms with E-state index in [1.54, 1.807) is 6.07 Å². The van der Waals surface area contributed by atoms with Gasteiger partial charge in [0.2, 0.25) is 5.91 Å². The summed E-state index contributed by atoms with van der Waals surface area (Å²) < 4.78 is 5.99. The minimum absolute atomic E-state index is 0.426. The molecule has 5 nitrogen and oxygen atoms in total. The topological polar surface area (TPSA) is 88.2 Å². The van der Waals surface area contributed by atoms with Crippen LogP contribution in [0.5, 0.6) is 11.5 Å². The highest BCUT2D eigenvalue weighted by Crippen LogP contribution is 2.30. The second kappa shape index (κ2) is 10.1. The lowest BCUT2D eigenvalue weighted by Gasteiger charge is -2.11. The van der Waals surface area contributed by atoms with Gasteiger partial charge in [0.15, 0.2) is 0 Å². The van der Waals surface area contributed by atoms with Crippen molar-refractivity contribution in [3.05, 3.63) is 77.4 Å². The van der Waals surface area contributed by atoms with Crippen molar-refractivity contribution in [3.63, 3.8) is 0 Å². The van der Waals surface area contributed by atoms with Crippen LogP contribution in [-0.4, -0.2) is 19.2 Å². The number of primary amides is 1. The highest BCUT2D eigenvalue weighted by Gasteiger charge is 2.08. The quantitative estimate of drug-likeness (QED) is 0.478. The molecule has 0 aromatic heterocycles. The molecule has 0 fully saturated rings. The van der Waals surface area contributed by atoms with Gasteiger partial charge in [0.25, 0.3) is 0 Å². The van der Waals surface area contributed by atoms with Crippen molar-refractivity contribution < 1.29 is 9.53 Å². The van der Waals surface area contributed by atoms with Crippen LogP contribution in [0.25, 0.3) is 11.1 Å². The lowest BCUT2D eigenvalue weighted by Crippen LogP contribution is -2.12. The van der Waals surface area contributed by atoms with Gasteiger partial charge in [-0.05, 0) is 53.9 Å². The number of ether oxygens (including phenoxy) is 1. The number of nitrogens with one attached hydrogen (secondary N) is 2. The van der Waals surface area contributed by atoms with E-state index in [9.17, 15) is 4.79 Å². The maximum Gasteiger partial charge on any atom is 0.248 e. The molecule has 3 aromatic carbocycles. The number of carbonyl (C=O) groups excluding carboxylic acids is 1. The van der Waals surface area contributed by atoms with Crippen molar-refractivity contribution in [2.24, 2.45) is 5.73 Å².